The first-order valence-corrected chi connectivity index (χ1v) is 4.84. The second-order valence-electron chi connectivity index (χ2n) is 2.82. The van der Waals surface area contributed by atoms with Crippen molar-refractivity contribution in [1.29, 1.82) is 0 Å². The third kappa shape index (κ3) is 2.12. The molecule has 0 aliphatic rings. The van der Waals surface area contributed by atoms with Crippen LogP contribution >= 0.6 is 23.2 Å². The van der Waals surface area contributed by atoms with Crippen LogP contribution in [0.15, 0.2) is 18.6 Å². The molecule has 0 N–H and O–H groups in total. The molecule has 16 heavy (non-hydrogen) atoms. The van der Waals surface area contributed by atoms with E-state index in [0.717, 1.165) is 6.20 Å². The molecule has 8 heteroatoms. The van der Waals surface area contributed by atoms with Crippen molar-refractivity contribution in [3.8, 4) is 11.3 Å². The summed E-state index contributed by atoms with van der Waals surface area (Å²) in [6, 6.07) is 0. The summed E-state index contributed by atoms with van der Waals surface area (Å²) >= 11 is 11.4. The summed E-state index contributed by atoms with van der Waals surface area (Å²) in [7, 11) is 0. The van der Waals surface area contributed by atoms with Gasteiger partial charge in [-0.05, 0) is 11.6 Å². The van der Waals surface area contributed by atoms with Crippen molar-refractivity contribution in [1.82, 2.24) is 19.7 Å². The molecule has 2 aromatic rings. The summed E-state index contributed by atoms with van der Waals surface area (Å²) < 4.78 is 25.1. The van der Waals surface area contributed by atoms with E-state index in [-0.39, 0.29) is 16.0 Å². The van der Waals surface area contributed by atoms with Crippen LogP contribution < -0.4 is 0 Å². The first-order valence-electron chi connectivity index (χ1n) is 4.08. The summed E-state index contributed by atoms with van der Waals surface area (Å²) in [4.78, 5) is 7.49. The zero-order valence-corrected chi connectivity index (χ0v) is 9.12. The molecule has 84 valence electrons. The Balaban J connectivity index is 2.46. The minimum absolute atomic E-state index is 0.0100. The van der Waals surface area contributed by atoms with Crippen LogP contribution in [0.25, 0.3) is 11.3 Å². The van der Waals surface area contributed by atoms with Crippen LogP contribution in [-0.2, 0) is 0 Å². The van der Waals surface area contributed by atoms with E-state index in [0.29, 0.717) is 10.2 Å². The summed E-state index contributed by atoms with van der Waals surface area (Å²) in [5.41, 5.74) is 0.628. The number of hydrogen-bond donors (Lipinski definition) is 0. The van der Waals surface area contributed by atoms with Gasteiger partial charge in [-0.1, -0.05) is 11.6 Å². The van der Waals surface area contributed by atoms with E-state index in [1.165, 1.54) is 12.4 Å². The van der Waals surface area contributed by atoms with Crippen LogP contribution in [0.5, 0.6) is 0 Å². The standard InChI is InChI=1S/C8H4Cl2F2N4/c9-5-2-13-7(10)15-6(5)4-1-14-16(3-4)8(11)12/h1-3,8H. The van der Waals surface area contributed by atoms with Gasteiger partial charge in [0, 0.05) is 11.8 Å². The van der Waals surface area contributed by atoms with Gasteiger partial charge in [0.25, 0.3) is 0 Å². The van der Waals surface area contributed by atoms with E-state index in [1.54, 1.807) is 0 Å². The summed E-state index contributed by atoms with van der Waals surface area (Å²) in [6.07, 6.45) is 3.66. The van der Waals surface area contributed by atoms with Gasteiger partial charge in [-0.3, -0.25) is 0 Å². The van der Waals surface area contributed by atoms with E-state index < -0.39 is 6.55 Å². The Morgan fingerprint density at radius 1 is 1.25 bits per heavy atom. The lowest BCUT2D eigenvalue weighted by molar-refractivity contribution is 0.0566. The molecule has 2 heterocycles. The van der Waals surface area contributed by atoms with Crippen molar-refractivity contribution in [2.75, 3.05) is 0 Å². The summed E-state index contributed by atoms with van der Waals surface area (Å²) in [5.74, 6) is 0. The van der Waals surface area contributed by atoms with Gasteiger partial charge in [0.05, 0.1) is 23.1 Å². The maximum atomic E-state index is 12.3. The minimum Gasteiger partial charge on any atom is -0.225 e. The SMILES string of the molecule is FC(F)n1cc(-c2nc(Cl)ncc2Cl)cn1. The van der Waals surface area contributed by atoms with Gasteiger partial charge >= 0.3 is 6.55 Å². The number of nitrogens with zero attached hydrogens (tertiary/aromatic N) is 4. The molecule has 2 aromatic heterocycles. The third-order valence-electron chi connectivity index (χ3n) is 1.79. The fourth-order valence-electron chi connectivity index (χ4n) is 1.12. The van der Waals surface area contributed by atoms with Gasteiger partial charge in [-0.25, -0.2) is 14.6 Å². The molecule has 0 fully saturated rings. The van der Waals surface area contributed by atoms with E-state index in [4.69, 9.17) is 23.2 Å². The molecular weight excluding hydrogens is 261 g/mol. The number of hydrogen-bond acceptors (Lipinski definition) is 3. The van der Waals surface area contributed by atoms with Crippen LogP contribution in [0.3, 0.4) is 0 Å². The lowest BCUT2D eigenvalue weighted by Gasteiger charge is -1.99. The molecule has 2 rings (SSSR count). The molecule has 0 atom stereocenters. The van der Waals surface area contributed by atoms with Gasteiger partial charge in [0.15, 0.2) is 0 Å². The Hall–Kier alpha value is -1.27. The van der Waals surface area contributed by atoms with E-state index in [9.17, 15) is 8.78 Å². The minimum atomic E-state index is -2.70. The van der Waals surface area contributed by atoms with Crippen molar-refractivity contribution in [2.24, 2.45) is 0 Å². The molecule has 0 bridgehead atoms. The number of alkyl halides is 2. The maximum absolute atomic E-state index is 12.3. The fourth-order valence-corrected chi connectivity index (χ4v) is 1.45. The van der Waals surface area contributed by atoms with E-state index in [2.05, 4.69) is 15.1 Å². The van der Waals surface area contributed by atoms with Crippen LogP contribution in [-0.4, -0.2) is 19.7 Å². The first kappa shape index (κ1) is 11.2. The molecule has 0 saturated carbocycles. The Morgan fingerprint density at radius 3 is 2.62 bits per heavy atom. The average molecular weight is 265 g/mol. The van der Waals surface area contributed by atoms with Crippen molar-refractivity contribution in [3.05, 3.63) is 28.9 Å². The Kier molecular flexibility index (Phi) is 3.02. The lowest BCUT2D eigenvalue weighted by atomic mass is 10.2. The highest BCUT2D eigenvalue weighted by Crippen LogP contribution is 2.26. The average Bonchev–Trinajstić information content (AvgIpc) is 2.70. The smallest absolute Gasteiger partial charge is 0.225 e. The molecule has 0 radical (unpaired) electrons. The Labute approximate surface area is 98.8 Å². The number of rotatable bonds is 2. The van der Waals surface area contributed by atoms with Gasteiger partial charge in [0.1, 0.15) is 0 Å². The molecular formula is C8H4Cl2F2N4. The number of halogens is 4. The fraction of sp³-hybridized carbons (Fsp3) is 0.125. The highest BCUT2D eigenvalue weighted by atomic mass is 35.5. The number of aromatic nitrogens is 4. The van der Waals surface area contributed by atoms with Crippen molar-refractivity contribution in [2.45, 2.75) is 6.55 Å². The zero-order chi connectivity index (χ0) is 11.7. The topological polar surface area (TPSA) is 43.6 Å². The Morgan fingerprint density at radius 2 is 2.00 bits per heavy atom. The zero-order valence-electron chi connectivity index (χ0n) is 7.61. The summed E-state index contributed by atoms with van der Waals surface area (Å²) in [6.45, 7) is -2.70. The first-order chi connectivity index (χ1) is 7.58. The van der Waals surface area contributed by atoms with E-state index >= 15 is 0 Å². The van der Waals surface area contributed by atoms with Crippen LogP contribution in [0.1, 0.15) is 6.55 Å². The lowest BCUT2D eigenvalue weighted by Crippen LogP contribution is -1.96. The monoisotopic (exact) mass is 264 g/mol. The van der Waals surface area contributed by atoms with Gasteiger partial charge < -0.3 is 0 Å². The van der Waals surface area contributed by atoms with Gasteiger partial charge in [0.2, 0.25) is 5.28 Å². The molecule has 4 nitrogen and oxygen atoms in total. The largest absolute Gasteiger partial charge is 0.333 e. The molecule has 0 unspecified atom stereocenters. The Bertz CT molecular complexity index is 514. The van der Waals surface area contributed by atoms with Gasteiger partial charge in [-0.15, -0.1) is 0 Å². The van der Waals surface area contributed by atoms with Crippen molar-refractivity contribution in [3.63, 3.8) is 0 Å². The predicted octanol–water partition coefficient (Wildman–Crippen LogP) is 3.04. The molecule has 0 amide bonds. The molecule has 0 aliphatic heterocycles. The van der Waals surface area contributed by atoms with Crippen LogP contribution in [0.2, 0.25) is 10.3 Å². The van der Waals surface area contributed by atoms with Crippen LogP contribution in [0, 0.1) is 0 Å². The van der Waals surface area contributed by atoms with Gasteiger partial charge in [-0.2, -0.15) is 13.9 Å². The normalized spacial score (nSPS) is 11.1. The van der Waals surface area contributed by atoms with E-state index in [1.807, 2.05) is 0 Å². The summed E-state index contributed by atoms with van der Waals surface area (Å²) in [5, 5.41) is 3.68. The third-order valence-corrected chi connectivity index (χ3v) is 2.25. The van der Waals surface area contributed by atoms with Crippen molar-refractivity contribution < 1.29 is 8.78 Å². The molecule has 0 aliphatic carbocycles. The molecule has 0 spiro atoms. The quantitative estimate of drug-likeness (QED) is 0.784. The molecule has 0 aromatic carbocycles. The maximum Gasteiger partial charge on any atom is 0.333 e. The second kappa shape index (κ2) is 4.31. The van der Waals surface area contributed by atoms with Crippen LogP contribution in [0.4, 0.5) is 8.78 Å². The van der Waals surface area contributed by atoms with Crippen molar-refractivity contribution >= 4 is 23.2 Å². The highest BCUT2D eigenvalue weighted by molar-refractivity contribution is 6.33. The predicted molar refractivity (Wildman–Crippen MR) is 54.5 cm³/mol. The highest BCUT2D eigenvalue weighted by Gasteiger charge is 2.12. The molecule has 0 saturated heterocycles. The second-order valence-corrected chi connectivity index (χ2v) is 3.57.